The van der Waals surface area contributed by atoms with Crippen LogP contribution in [0.4, 0.5) is 0 Å². The number of guanidine groups is 1. The van der Waals surface area contributed by atoms with Crippen LogP contribution in [0.1, 0.15) is 31.4 Å². The van der Waals surface area contributed by atoms with Crippen LogP contribution in [0, 0.1) is 0 Å². The summed E-state index contributed by atoms with van der Waals surface area (Å²) in [5.41, 5.74) is 1.23. The SMILES string of the molecule is CCNC(=NCC(c1cccc(OC)c1)N1CCCC1)NCCO.I. The number of benzene rings is 1. The molecular weight excluding hydrogens is 431 g/mol. The van der Waals surface area contributed by atoms with Crippen molar-refractivity contribution in [1.29, 1.82) is 0 Å². The van der Waals surface area contributed by atoms with Crippen LogP contribution in [0.25, 0.3) is 0 Å². The molecule has 1 unspecified atom stereocenters. The van der Waals surface area contributed by atoms with E-state index in [-0.39, 0.29) is 36.6 Å². The molecule has 25 heavy (non-hydrogen) atoms. The maximum Gasteiger partial charge on any atom is 0.191 e. The van der Waals surface area contributed by atoms with E-state index in [9.17, 15) is 0 Å². The lowest BCUT2D eigenvalue weighted by Gasteiger charge is -2.27. The van der Waals surface area contributed by atoms with Gasteiger partial charge in [-0.15, -0.1) is 24.0 Å². The molecule has 1 aliphatic rings. The molecule has 0 saturated carbocycles. The Morgan fingerprint density at radius 1 is 1.32 bits per heavy atom. The summed E-state index contributed by atoms with van der Waals surface area (Å²) in [5, 5.41) is 15.4. The van der Waals surface area contributed by atoms with Crippen molar-refractivity contribution in [3.05, 3.63) is 29.8 Å². The summed E-state index contributed by atoms with van der Waals surface area (Å²) in [4.78, 5) is 7.22. The van der Waals surface area contributed by atoms with Gasteiger partial charge in [-0.3, -0.25) is 9.89 Å². The van der Waals surface area contributed by atoms with Gasteiger partial charge in [0.05, 0.1) is 26.3 Å². The molecule has 7 heteroatoms. The number of methoxy groups -OCH3 is 1. The fourth-order valence-electron chi connectivity index (χ4n) is 3.03. The van der Waals surface area contributed by atoms with Gasteiger partial charge in [-0.05, 0) is 50.6 Å². The van der Waals surface area contributed by atoms with Gasteiger partial charge in [0.15, 0.2) is 5.96 Å². The molecule has 1 fully saturated rings. The first-order chi connectivity index (χ1) is 11.8. The predicted octanol–water partition coefficient (Wildman–Crippen LogP) is 2.00. The summed E-state index contributed by atoms with van der Waals surface area (Å²) in [5.74, 6) is 1.63. The first kappa shape index (κ1) is 22.0. The number of aliphatic imine (C=N–C) groups is 1. The van der Waals surface area contributed by atoms with Crippen LogP contribution in [0.2, 0.25) is 0 Å². The predicted molar refractivity (Wildman–Crippen MR) is 113 cm³/mol. The third-order valence-corrected chi connectivity index (χ3v) is 4.23. The van der Waals surface area contributed by atoms with Crippen LogP contribution < -0.4 is 15.4 Å². The van der Waals surface area contributed by atoms with E-state index in [0.29, 0.717) is 13.1 Å². The van der Waals surface area contributed by atoms with Crippen molar-refractivity contribution in [2.45, 2.75) is 25.8 Å². The highest BCUT2D eigenvalue weighted by molar-refractivity contribution is 14.0. The van der Waals surface area contributed by atoms with E-state index in [4.69, 9.17) is 14.8 Å². The number of nitrogens with one attached hydrogen (secondary N) is 2. The van der Waals surface area contributed by atoms with E-state index in [0.717, 1.165) is 31.3 Å². The minimum atomic E-state index is 0. The number of aliphatic hydroxyl groups excluding tert-OH is 1. The second-order valence-electron chi connectivity index (χ2n) is 5.91. The Morgan fingerprint density at radius 2 is 2.08 bits per heavy atom. The molecule has 1 aromatic rings. The molecule has 1 saturated heterocycles. The average molecular weight is 462 g/mol. The normalized spacial score (nSPS) is 16.2. The van der Waals surface area contributed by atoms with Crippen molar-refractivity contribution in [2.75, 3.05) is 46.4 Å². The number of aliphatic hydroxyl groups is 1. The maximum absolute atomic E-state index is 9.00. The molecule has 0 aromatic heterocycles. The molecule has 1 aliphatic heterocycles. The van der Waals surface area contributed by atoms with Gasteiger partial charge in [-0.25, -0.2) is 0 Å². The van der Waals surface area contributed by atoms with Crippen LogP contribution >= 0.6 is 24.0 Å². The van der Waals surface area contributed by atoms with E-state index in [1.807, 2.05) is 19.1 Å². The molecule has 1 heterocycles. The van der Waals surface area contributed by atoms with Crippen LogP contribution in [-0.2, 0) is 0 Å². The Bertz CT molecular complexity index is 522. The first-order valence-electron chi connectivity index (χ1n) is 8.79. The molecule has 0 aliphatic carbocycles. The molecule has 2 rings (SSSR count). The quantitative estimate of drug-likeness (QED) is 0.313. The van der Waals surface area contributed by atoms with Gasteiger partial charge in [-0.1, -0.05) is 12.1 Å². The Morgan fingerprint density at radius 3 is 2.72 bits per heavy atom. The second-order valence-corrected chi connectivity index (χ2v) is 5.91. The van der Waals surface area contributed by atoms with E-state index in [1.165, 1.54) is 18.4 Å². The zero-order chi connectivity index (χ0) is 17.2. The summed E-state index contributed by atoms with van der Waals surface area (Å²) in [6.07, 6.45) is 2.49. The zero-order valence-corrected chi connectivity index (χ0v) is 17.5. The number of ether oxygens (including phenoxy) is 1. The molecule has 0 amide bonds. The van der Waals surface area contributed by atoms with Gasteiger partial charge >= 0.3 is 0 Å². The molecule has 1 atom stereocenters. The smallest absolute Gasteiger partial charge is 0.191 e. The Labute approximate surface area is 168 Å². The van der Waals surface area contributed by atoms with E-state index in [2.05, 4.69) is 27.7 Å². The van der Waals surface area contributed by atoms with Crippen LogP contribution in [0.3, 0.4) is 0 Å². The molecule has 6 nitrogen and oxygen atoms in total. The van der Waals surface area contributed by atoms with Crippen LogP contribution in [0.15, 0.2) is 29.3 Å². The van der Waals surface area contributed by atoms with Gasteiger partial charge in [0.25, 0.3) is 0 Å². The highest BCUT2D eigenvalue weighted by Crippen LogP contribution is 2.27. The van der Waals surface area contributed by atoms with Crippen molar-refractivity contribution in [1.82, 2.24) is 15.5 Å². The number of nitrogens with zero attached hydrogens (tertiary/aromatic N) is 2. The molecule has 0 bridgehead atoms. The molecule has 0 radical (unpaired) electrons. The third-order valence-electron chi connectivity index (χ3n) is 4.23. The monoisotopic (exact) mass is 462 g/mol. The minimum absolute atomic E-state index is 0. The lowest BCUT2D eigenvalue weighted by molar-refractivity contribution is 0.251. The van der Waals surface area contributed by atoms with Crippen molar-refractivity contribution >= 4 is 29.9 Å². The Hall–Kier alpha value is -1.06. The largest absolute Gasteiger partial charge is 0.497 e. The summed E-state index contributed by atoms with van der Waals surface area (Å²) >= 11 is 0. The van der Waals surface area contributed by atoms with Crippen molar-refractivity contribution in [2.24, 2.45) is 4.99 Å². The van der Waals surface area contributed by atoms with Crippen molar-refractivity contribution in [3.63, 3.8) is 0 Å². The molecular formula is C18H31IN4O2. The van der Waals surface area contributed by atoms with E-state index in [1.54, 1.807) is 7.11 Å². The first-order valence-corrected chi connectivity index (χ1v) is 8.79. The topological polar surface area (TPSA) is 69.1 Å². The van der Waals surface area contributed by atoms with E-state index >= 15 is 0 Å². The Kier molecular flexibility index (Phi) is 10.8. The molecule has 142 valence electrons. The van der Waals surface area contributed by atoms with Crippen molar-refractivity contribution < 1.29 is 9.84 Å². The summed E-state index contributed by atoms with van der Waals surface area (Å²) in [6, 6.07) is 8.51. The van der Waals surface area contributed by atoms with Crippen LogP contribution in [-0.4, -0.2) is 62.4 Å². The highest BCUT2D eigenvalue weighted by Gasteiger charge is 2.23. The summed E-state index contributed by atoms with van der Waals surface area (Å²) in [6.45, 7) is 6.32. The Balaban J connectivity index is 0.00000312. The van der Waals surface area contributed by atoms with Crippen molar-refractivity contribution in [3.8, 4) is 5.75 Å². The highest BCUT2D eigenvalue weighted by atomic mass is 127. The van der Waals surface area contributed by atoms with Gasteiger partial charge in [0.1, 0.15) is 5.75 Å². The number of likely N-dealkylation sites (tertiary alicyclic amines) is 1. The fraction of sp³-hybridized carbons (Fsp3) is 0.611. The third kappa shape index (κ3) is 6.99. The molecule has 0 spiro atoms. The van der Waals surface area contributed by atoms with Gasteiger partial charge < -0.3 is 20.5 Å². The fourth-order valence-corrected chi connectivity index (χ4v) is 3.03. The van der Waals surface area contributed by atoms with Gasteiger partial charge in [0, 0.05) is 13.1 Å². The number of halogens is 1. The zero-order valence-electron chi connectivity index (χ0n) is 15.2. The maximum atomic E-state index is 9.00. The standard InChI is InChI=1S/C18H30N4O2.HI/c1-3-19-18(20-9-12-23)21-14-17(22-10-4-5-11-22)15-7-6-8-16(13-15)24-2;/h6-8,13,17,23H,3-5,9-12,14H2,1-2H3,(H2,19,20,21);1H. The van der Waals surface area contributed by atoms with Gasteiger partial charge in [0.2, 0.25) is 0 Å². The lowest BCUT2D eigenvalue weighted by Crippen LogP contribution is -2.39. The number of hydrogen-bond donors (Lipinski definition) is 3. The molecule has 1 aromatic carbocycles. The summed E-state index contributed by atoms with van der Waals surface area (Å²) < 4.78 is 5.38. The van der Waals surface area contributed by atoms with Crippen LogP contribution in [0.5, 0.6) is 5.75 Å². The lowest BCUT2D eigenvalue weighted by atomic mass is 10.1. The number of rotatable bonds is 8. The van der Waals surface area contributed by atoms with E-state index < -0.39 is 0 Å². The van der Waals surface area contributed by atoms with Gasteiger partial charge in [-0.2, -0.15) is 0 Å². The second kappa shape index (κ2) is 12.3. The molecule has 3 N–H and O–H groups in total. The number of hydrogen-bond acceptors (Lipinski definition) is 4. The summed E-state index contributed by atoms with van der Waals surface area (Å²) in [7, 11) is 1.70. The average Bonchev–Trinajstić information content (AvgIpc) is 3.14. The minimum Gasteiger partial charge on any atom is -0.497 e.